The summed E-state index contributed by atoms with van der Waals surface area (Å²) >= 11 is 0. The average Bonchev–Trinajstić information content (AvgIpc) is 2.09. The Hall–Kier alpha value is -1.16. The molecule has 1 aromatic carbocycles. The van der Waals surface area contributed by atoms with Gasteiger partial charge in [-0.15, -0.1) is 0 Å². The summed E-state index contributed by atoms with van der Waals surface area (Å²) < 4.78 is 0. The maximum Gasteiger partial charge on any atom is 0.249 e. The summed E-state index contributed by atoms with van der Waals surface area (Å²) in [5, 5.41) is 2.96. The van der Waals surface area contributed by atoms with Crippen LogP contribution in [0.1, 0.15) is 0 Å². The molecule has 66 valence electrons. The molecule has 4 heteroatoms. The van der Waals surface area contributed by atoms with Gasteiger partial charge in [0, 0.05) is 26.2 Å². The Morgan fingerprint density at radius 1 is 1.50 bits per heavy atom. The molecule has 0 aliphatic heterocycles. The second kappa shape index (κ2) is 3.49. The highest BCUT2D eigenvalue weighted by atomic mass is 16.2. The lowest BCUT2D eigenvalue weighted by atomic mass is 10.2. The molecule has 0 aliphatic carbocycles. The molecule has 12 heavy (non-hydrogen) atoms. The smallest absolute Gasteiger partial charge is 0.249 e. The van der Waals surface area contributed by atoms with Gasteiger partial charge in [-0.3, -0.25) is 9.59 Å². The van der Waals surface area contributed by atoms with Crippen LogP contribution in [-0.4, -0.2) is 27.2 Å². The van der Waals surface area contributed by atoms with E-state index in [9.17, 15) is 9.59 Å². The highest BCUT2D eigenvalue weighted by Gasteiger charge is 2.12. The second-order valence-electron chi connectivity index (χ2n) is 2.75. The van der Waals surface area contributed by atoms with Gasteiger partial charge in [-0.05, 0) is 7.05 Å². The van der Waals surface area contributed by atoms with Crippen LogP contribution in [-0.2, 0) is 0 Å². The number of likely N-dealkylation sites (N-methyl/N-ethyl adjacent to an activating group) is 2. The van der Waals surface area contributed by atoms with E-state index in [2.05, 4.69) is 5.32 Å². The lowest BCUT2D eigenvalue weighted by Crippen LogP contribution is -2.39. The Labute approximate surface area is 70.5 Å². The van der Waals surface area contributed by atoms with Gasteiger partial charge in [-0.25, -0.2) is 0 Å². The molecule has 0 amide bonds. The Balaban J connectivity index is 2.56. The molecule has 0 heterocycles. The molecule has 1 rings (SSSR count). The van der Waals surface area contributed by atoms with E-state index >= 15 is 0 Å². The highest BCUT2D eigenvalue weighted by Crippen LogP contribution is 2.01. The van der Waals surface area contributed by atoms with E-state index in [1.165, 1.54) is 6.07 Å². The Morgan fingerprint density at radius 3 is 2.58 bits per heavy atom. The minimum absolute atomic E-state index is 0.367. The SMILES string of the molecule is CNCCN(C)c1cc(=O)c1=O. The number of anilines is 1. The standard InChI is InChI=1S/C8H12N2O2/c1-9-3-4-10(2)6-5-7(11)8(6)12/h5,9H,3-4H2,1-2H3. The average molecular weight is 168 g/mol. The van der Waals surface area contributed by atoms with Gasteiger partial charge in [0.25, 0.3) is 0 Å². The molecular weight excluding hydrogens is 156 g/mol. The number of hydrogen-bond donors (Lipinski definition) is 1. The van der Waals surface area contributed by atoms with Gasteiger partial charge in [0.05, 0.1) is 5.69 Å². The lowest BCUT2D eigenvalue weighted by Gasteiger charge is -2.18. The third kappa shape index (κ3) is 1.53. The van der Waals surface area contributed by atoms with E-state index in [1.54, 1.807) is 11.9 Å². The number of nitrogens with one attached hydrogen (secondary N) is 1. The Kier molecular flexibility index (Phi) is 2.60. The third-order valence-electron chi connectivity index (χ3n) is 1.83. The van der Waals surface area contributed by atoms with Gasteiger partial charge in [0.15, 0.2) is 0 Å². The van der Waals surface area contributed by atoms with Crippen molar-refractivity contribution in [2.75, 3.05) is 32.1 Å². The molecule has 0 fully saturated rings. The third-order valence-corrected chi connectivity index (χ3v) is 1.83. The molecule has 0 unspecified atom stereocenters. The highest BCUT2D eigenvalue weighted by molar-refractivity contribution is 5.49. The summed E-state index contributed by atoms with van der Waals surface area (Å²) in [6.45, 7) is 1.54. The lowest BCUT2D eigenvalue weighted by molar-refractivity contribution is 0.764. The summed E-state index contributed by atoms with van der Waals surface area (Å²) in [5.74, 6) is 0. The van der Waals surface area contributed by atoms with Crippen LogP contribution in [0.5, 0.6) is 0 Å². The van der Waals surface area contributed by atoms with Crippen LogP contribution < -0.4 is 21.1 Å². The van der Waals surface area contributed by atoms with E-state index in [0.717, 1.165) is 13.1 Å². The van der Waals surface area contributed by atoms with E-state index in [0.29, 0.717) is 5.69 Å². The van der Waals surface area contributed by atoms with Crippen molar-refractivity contribution in [3.8, 4) is 0 Å². The summed E-state index contributed by atoms with van der Waals surface area (Å²) in [5.41, 5.74) is -0.231. The molecule has 0 aromatic heterocycles. The predicted octanol–water partition coefficient (Wildman–Crippen LogP) is -1.06. The quantitative estimate of drug-likeness (QED) is 0.582. The van der Waals surface area contributed by atoms with Crippen LogP contribution >= 0.6 is 0 Å². The van der Waals surface area contributed by atoms with E-state index in [4.69, 9.17) is 0 Å². The summed E-state index contributed by atoms with van der Waals surface area (Å²) in [6, 6.07) is 1.37. The van der Waals surface area contributed by atoms with Crippen LogP contribution in [0, 0.1) is 0 Å². The minimum atomic E-state index is -0.388. The number of hydrogen-bond acceptors (Lipinski definition) is 4. The van der Waals surface area contributed by atoms with Crippen molar-refractivity contribution in [1.29, 1.82) is 0 Å². The fraction of sp³-hybridized carbons (Fsp3) is 0.500. The van der Waals surface area contributed by atoms with Crippen molar-refractivity contribution in [2.45, 2.75) is 0 Å². The van der Waals surface area contributed by atoms with E-state index < -0.39 is 0 Å². The van der Waals surface area contributed by atoms with Gasteiger partial charge in [-0.1, -0.05) is 0 Å². The zero-order chi connectivity index (χ0) is 9.14. The number of rotatable bonds is 4. The summed E-state index contributed by atoms with van der Waals surface area (Å²) in [4.78, 5) is 23.2. The largest absolute Gasteiger partial charge is 0.370 e. The first-order valence-electron chi connectivity index (χ1n) is 3.83. The van der Waals surface area contributed by atoms with Gasteiger partial charge in [0.2, 0.25) is 10.9 Å². The summed E-state index contributed by atoms with van der Waals surface area (Å²) in [7, 11) is 3.64. The van der Waals surface area contributed by atoms with E-state index in [1.807, 2.05) is 7.05 Å². The fourth-order valence-corrected chi connectivity index (χ4v) is 0.987. The maximum atomic E-state index is 10.9. The van der Waals surface area contributed by atoms with Gasteiger partial charge >= 0.3 is 0 Å². The van der Waals surface area contributed by atoms with Crippen LogP contribution in [0.15, 0.2) is 15.7 Å². The zero-order valence-electron chi connectivity index (χ0n) is 7.26. The molecule has 0 radical (unpaired) electrons. The van der Waals surface area contributed by atoms with Crippen LogP contribution in [0.25, 0.3) is 0 Å². The maximum absolute atomic E-state index is 10.9. The molecule has 1 N–H and O–H groups in total. The van der Waals surface area contributed by atoms with Gasteiger partial charge in [0.1, 0.15) is 0 Å². The fourth-order valence-electron chi connectivity index (χ4n) is 0.987. The first kappa shape index (κ1) is 8.93. The monoisotopic (exact) mass is 168 g/mol. The van der Waals surface area contributed by atoms with Crippen molar-refractivity contribution in [3.63, 3.8) is 0 Å². The van der Waals surface area contributed by atoms with Crippen LogP contribution in [0.4, 0.5) is 5.69 Å². The molecule has 0 saturated heterocycles. The van der Waals surface area contributed by atoms with Crippen molar-refractivity contribution >= 4 is 5.69 Å². The van der Waals surface area contributed by atoms with Crippen molar-refractivity contribution in [1.82, 2.24) is 5.32 Å². The molecule has 0 aliphatic rings. The normalized spacial score (nSPS) is 10.5. The Morgan fingerprint density at radius 2 is 2.17 bits per heavy atom. The molecule has 0 atom stereocenters. The van der Waals surface area contributed by atoms with E-state index in [-0.39, 0.29) is 10.9 Å². The van der Waals surface area contributed by atoms with Gasteiger partial charge in [-0.2, -0.15) is 0 Å². The van der Waals surface area contributed by atoms with Crippen molar-refractivity contribution in [2.24, 2.45) is 0 Å². The summed E-state index contributed by atoms with van der Waals surface area (Å²) in [6.07, 6.45) is 0. The van der Waals surface area contributed by atoms with Gasteiger partial charge < -0.3 is 10.2 Å². The molecule has 4 nitrogen and oxygen atoms in total. The zero-order valence-corrected chi connectivity index (χ0v) is 7.26. The minimum Gasteiger partial charge on any atom is -0.370 e. The molecule has 1 aromatic rings. The molecule has 0 bridgehead atoms. The van der Waals surface area contributed by atoms with Crippen molar-refractivity contribution < 1.29 is 0 Å². The number of nitrogens with zero attached hydrogens (tertiary/aromatic N) is 1. The molecule has 0 spiro atoms. The first-order valence-corrected chi connectivity index (χ1v) is 3.83. The molecule has 0 saturated carbocycles. The topological polar surface area (TPSA) is 49.4 Å². The second-order valence-corrected chi connectivity index (χ2v) is 2.75. The first-order chi connectivity index (χ1) is 5.66. The van der Waals surface area contributed by atoms with Crippen LogP contribution in [0.3, 0.4) is 0 Å². The molecular formula is C8H12N2O2. The van der Waals surface area contributed by atoms with Crippen molar-refractivity contribution in [3.05, 3.63) is 26.5 Å². The van der Waals surface area contributed by atoms with Crippen LogP contribution in [0.2, 0.25) is 0 Å². The Bertz CT molecular complexity index is 325. The predicted molar refractivity (Wildman–Crippen MR) is 48.6 cm³/mol.